The van der Waals surface area contributed by atoms with Crippen LogP contribution in [-0.4, -0.2) is 24.3 Å². The summed E-state index contributed by atoms with van der Waals surface area (Å²) in [5.74, 6) is 0. The van der Waals surface area contributed by atoms with E-state index in [1.54, 1.807) is 0 Å². The largest absolute Gasteiger partial charge is 0.444 e. The number of carbonyl (C=O) groups is 1. The summed E-state index contributed by atoms with van der Waals surface area (Å²) in [6, 6.07) is 2.41. The Morgan fingerprint density at radius 1 is 1.40 bits per heavy atom. The molecule has 1 rings (SSSR count). The van der Waals surface area contributed by atoms with E-state index in [-0.39, 0.29) is 12.1 Å². The Bertz CT molecular complexity index is 430. The van der Waals surface area contributed by atoms with Crippen molar-refractivity contribution in [3.05, 3.63) is 21.4 Å². The minimum absolute atomic E-state index is 0.199. The molecule has 0 aliphatic rings. The molecule has 114 valence electrons. The Balaban J connectivity index is 2.27. The van der Waals surface area contributed by atoms with Crippen LogP contribution in [0.25, 0.3) is 0 Å². The van der Waals surface area contributed by atoms with Crippen LogP contribution >= 0.6 is 11.3 Å². The Hall–Kier alpha value is -1.07. The third-order valence-electron chi connectivity index (χ3n) is 2.79. The van der Waals surface area contributed by atoms with Gasteiger partial charge in [0.1, 0.15) is 5.60 Å². The van der Waals surface area contributed by atoms with Gasteiger partial charge in [0.05, 0.1) is 0 Å². The second-order valence-corrected chi connectivity index (χ2v) is 7.46. The van der Waals surface area contributed by atoms with Gasteiger partial charge in [-0.3, -0.25) is 0 Å². The first-order chi connectivity index (χ1) is 9.17. The van der Waals surface area contributed by atoms with Gasteiger partial charge in [0.15, 0.2) is 0 Å². The number of ether oxygens (including phenoxy) is 1. The van der Waals surface area contributed by atoms with Crippen LogP contribution in [0.2, 0.25) is 0 Å². The van der Waals surface area contributed by atoms with Crippen LogP contribution in [0.5, 0.6) is 0 Å². The highest BCUT2D eigenvalue weighted by molar-refractivity contribution is 7.12. The van der Waals surface area contributed by atoms with E-state index in [0.717, 1.165) is 6.54 Å². The van der Waals surface area contributed by atoms with Gasteiger partial charge in [0.25, 0.3) is 0 Å². The number of thiophene rings is 1. The Morgan fingerprint density at radius 2 is 2.05 bits per heavy atom. The van der Waals surface area contributed by atoms with Crippen LogP contribution in [0, 0.1) is 13.8 Å². The van der Waals surface area contributed by atoms with Crippen LogP contribution in [0.1, 0.15) is 43.0 Å². The van der Waals surface area contributed by atoms with E-state index in [1.807, 2.05) is 39.0 Å². The van der Waals surface area contributed by atoms with Gasteiger partial charge < -0.3 is 15.4 Å². The maximum atomic E-state index is 11.5. The van der Waals surface area contributed by atoms with E-state index in [0.29, 0.717) is 6.54 Å². The second-order valence-electron chi connectivity index (χ2n) is 6.12. The van der Waals surface area contributed by atoms with Gasteiger partial charge in [0.2, 0.25) is 0 Å². The number of carbonyl (C=O) groups excluding carboxylic acids is 1. The zero-order valence-electron chi connectivity index (χ0n) is 13.3. The predicted molar refractivity (Wildman–Crippen MR) is 84.3 cm³/mol. The van der Waals surface area contributed by atoms with Crippen molar-refractivity contribution < 1.29 is 9.53 Å². The first-order valence-corrected chi connectivity index (χ1v) is 7.75. The van der Waals surface area contributed by atoms with Crippen molar-refractivity contribution in [1.82, 2.24) is 10.6 Å². The second kappa shape index (κ2) is 7.09. The lowest BCUT2D eigenvalue weighted by atomic mass is 10.2. The van der Waals surface area contributed by atoms with Crippen LogP contribution < -0.4 is 10.6 Å². The lowest BCUT2D eigenvalue weighted by Gasteiger charge is -2.21. The zero-order chi connectivity index (χ0) is 15.3. The lowest BCUT2D eigenvalue weighted by Crippen LogP contribution is -2.40. The van der Waals surface area contributed by atoms with Gasteiger partial charge in [-0.05, 0) is 53.2 Å². The van der Waals surface area contributed by atoms with Gasteiger partial charge in [-0.1, -0.05) is 0 Å². The molecule has 20 heavy (non-hydrogen) atoms. The van der Waals surface area contributed by atoms with E-state index in [1.165, 1.54) is 15.3 Å². The van der Waals surface area contributed by atoms with Crippen molar-refractivity contribution in [2.75, 3.05) is 6.54 Å². The average molecular weight is 298 g/mol. The van der Waals surface area contributed by atoms with Crippen molar-refractivity contribution in [2.45, 2.75) is 59.7 Å². The highest BCUT2D eigenvalue weighted by atomic mass is 32.1. The molecule has 4 nitrogen and oxygen atoms in total. The summed E-state index contributed by atoms with van der Waals surface area (Å²) >= 11 is 1.81. The first kappa shape index (κ1) is 17.0. The SMILES string of the molecule is Cc1cc(CNC(C)CNC(=O)OC(C)(C)C)sc1C. The summed E-state index contributed by atoms with van der Waals surface area (Å²) in [5.41, 5.74) is 0.888. The van der Waals surface area contributed by atoms with Crippen LogP contribution in [0.15, 0.2) is 6.07 Å². The maximum absolute atomic E-state index is 11.5. The minimum Gasteiger partial charge on any atom is -0.444 e. The lowest BCUT2D eigenvalue weighted by molar-refractivity contribution is 0.0523. The first-order valence-electron chi connectivity index (χ1n) is 6.93. The fourth-order valence-electron chi connectivity index (χ4n) is 1.63. The zero-order valence-corrected chi connectivity index (χ0v) is 14.1. The van der Waals surface area contributed by atoms with E-state index in [4.69, 9.17) is 4.74 Å². The topological polar surface area (TPSA) is 50.4 Å². The van der Waals surface area contributed by atoms with Crippen molar-refractivity contribution in [1.29, 1.82) is 0 Å². The van der Waals surface area contributed by atoms with Gasteiger partial charge >= 0.3 is 6.09 Å². The molecular formula is C15H26N2O2S. The monoisotopic (exact) mass is 298 g/mol. The third kappa shape index (κ3) is 6.39. The molecule has 0 spiro atoms. The third-order valence-corrected chi connectivity index (χ3v) is 3.95. The standard InChI is InChI=1S/C15H26N2O2S/c1-10-7-13(20-12(10)3)9-16-11(2)8-17-14(18)19-15(4,5)6/h7,11,16H,8-9H2,1-6H3,(H,17,18). The molecule has 0 bridgehead atoms. The number of alkyl carbamates (subject to hydrolysis) is 1. The van der Waals surface area contributed by atoms with Crippen LogP contribution in [-0.2, 0) is 11.3 Å². The molecular weight excluding hydrogens is 272 g/mol. The summed E-state index contributed by atoms with van der Waals surface area (Å²) in [7, 11) is 0. The summed E-state index contributed by atoms with van der Waals surface area (Å²) < 4.78 is 5.19. The molecule has 1 atom stereocenters. The number of hydrogen-bond acceptors (Lipinski definition) is 4. The molecule has 1 aromatic heterocycles. The molecule has 0 aliphatic heterocycles. The van der Waals surface area contributed by atoms with Crippen LogP contribution in [0.3, 0.4) is 0 Å². The quantitative estimate of drug-likeness (QED) is 0.876. The van der Waals surface area contributed by atoms with Crippen molar-refractivity contribution in [3.63, 3.8) is 0 Å². The van der Waals surface area contributed by atoms with Crippen molar-refractivity contribution in [3.8, 4) is 0 Å². The van der Waals surface area contributed by atoms with Gasteiger partial charge in [-0.15, -0.1) is 11.3 Å². The number of nitrogens with one attached hydrogen (secondary N) is 2. The Morgan fingerprint density at radius 3 is 2.55 bits per heavy atom. The molecule has 0 fully saturated rings. The van der Waals surface area contributed by atoms with Gasteiger partial charge in [0, 0.05) is 28.9 Å². The molecule has 0 aromatic carbocycles. The van der Waals surface area contributed by atoms with Crippen molar-refractivity contribution in [2.24, 2.45) is 0 Å². The number of amides is 1. The molecule has 1 heterocycles. The smallest absolute Gasteiger partial charge is 0.407 e. The molecule has 1 unspecified atom stereocenters. The van der Waals surface area contributed by atoms with E-state index >= 15 is 0 Å². The Kier molecular flexibility index (Phi) is 6.02. The summed E-state index contributed by atoms with van der Waals surface area (Å²) in [6.07, 6.45) is -0.367. The molecule has 0 saturated heterocycles. The molecule has 1 amide bonds. The van der Waals surface area contributed by atoms with E-state index in [2.05, 4.69) is 30.5 Å². The average Bonchev–Trinajstić information content (AvgIpc) is 2.61. The molecule has 1 aromatic rings. The number of hydrogen-bond donors (Lipinski definition) is 2. The Labute approximate surface area is 125 Å². The minimum atomic E-state index is -0.452. The summed E-state index contributed by atoms with van der Waals surface area (Å²) in [6.45, 7) is 13.3. The maximum Gasteiger partial charge on any atom is 0.407 e. The normalized spacial score (nSPS) is 13.1. The molecule has 2 N–H and O–H groups in total. The van der Waals surface area contributed by atoms with Crippen LogP contribution in [0.4, 0.5) is 4.79 Å². The fraction of sp³-hybridized carbons (Fsp3) is 0.667. The highest BCUT2D eigenvalue weighted by Gasteiger charge is 2.16. The molecule has 0 radical (unpaired) electrons. The predicted octanol–water partition coefficient (Wildman–Crippen LogP) is 3.37. The number of aryl methyl sites for hydroxylation is 2. The van der Waals surface area contributed by atoms with E-state index in [9.17, 15) is 4.79 Å². The van der Waals surface area contributed by atoms with E-state index < -0.39 is 5.60 Å². The summed E-state index contributed by atoms with van der Waals surface area (Å²) in [5, 5.41) is 6.17. The number of rotatable bonds is 5. The highest BCUT2D eigenvalue weighted by Crippen LogP contribution is 2.20. The molecule has 0 saturated carbocycles. The van der Waals surface area contributed by atoms with Gasteiger partial charge in [-0.25, -0.2) is 4.79 Å². The summed E-state index contributed by atoms with van der Waals surface area (Å²) in [4.78, 5) is 14.2. The van der Waals surface area contributed by atoms with Gasteiger partial charge in [-0.2, -0.15) is 0 Å². The fourth-order valence-corrected chi connectivity index (χ4v) is 2.64. The van der Waals surface area contributed by atoms with Crippen molar-refractivity contribution >= 4 is 17.4 Å². The molecule has 0 aliphatic carbocycles. The molecule has 5 heteroatoms.